The summed E-state index contributed by atoms with van der Waals surface area (Å²) in [6.07, 6.45) is 0.620. The van der Waals surface area contributed by atoms with Gasteiger partial charge in [0.05, 0.1) is 0 Å². The number of piperidine rings is 1. The predicted octanol–water partition coefficient (Wildman–Crippen LogP) is 2.93. The normalized spacial score (nSPS) is 20.2. The molecule has 0 N–H and O–H groups in total. The number of benzene rings is 1. The zero-order valence-electron chi connectivity index (χ0n) is 12.3. The Hall–Kier alpha value is -1.55. The lowest BCUT2D eigenvalue weighted by atomic mass is 9.94. The molecule has 0 aliphatic carbocycles. The average Bonchev–Trinajstić information content (AvgIpc) is 2.47. The number of hydrogen-bond donors (Lipinski definition) is 0. The van der Waals surface area contributed by atoms with Crippen LogP contribution in [-0.4, -0.2) is 35.8 Å². The van der Waals surface area contributed by atoms with Gasteiger partial charge in [-0.25, -0.2) is 0 Å². The van der Waals surface area contributed by atoms with Crippen LogP contribution in [0.5, 0.6) is 5.75 Å². The van der Waals surface area contributed by atoms with Gasteiger partial charge in [0.2, 0.25) is 0 Å². The maximum atomic E-state index is 12.4. The molecule has 5 heteroatoms. The first kappa shape index (κ1) is 15.8. The molecule has 1 aliphatic heterocycles. The van der Waals surface area contributed by atoms with Gasteiger partial charge in [0.25, 0.3) is 5.91 Å². The first-order chi connectivity index (χ1) is 10.0. The molecule has 114 valence electrons. The zero-order chi connectivity index (χ0) is 15.4. The molecule has 0 saturated carbocycles. The van der Waals surface area contributed by atoms with Crippen LogP contribution >= 0.6 is 11.6 Å². The highest BCUT2D eigenvalue weighted by atomic mass is 35.5. The fourth-order valence-corrected chi connectivity index (χ4v) is 2.70. The number of halogens is 1. The summed E-state index contributed by atoms with van der Waals surface area (Å²) in [5.41, 5.74) is 0. The molecule has 0 radical (unpaired) electrons. The van der Waals surface area contributed by atoms with Gasteiger partial charge in [0.15, 0.2) is 6.10 Å². The second-order valence-corrected chi connectivity index (χ2v) is 5.76. The van der Waals surface area contributed by atoms with Gasteiger partial charge in [-0.15, -0.1) is 0 Å². The first-order valence-corrected chi connectivity index (χ1v) is 7.62. The first-order valence-electron chi connectivity index (χ1n) is 7.25. The van der Waals surface area contributed by atoms with Gasteiger partial charge < -0.3 is 9.64 Å². The third kappa shape index (κ3) is 3.97. The number of amides is 1. The van der Waals surface area contributed by atoms with Crippen molar-refractivity contribution in [2.24, 2.45) is 5.92 Å². The van der Waals surface area contributed by atoms with Crippen LogP contribution in [0.2, 0.25) is 5.02 Å². The highest BCUT2D eigenvalue weighted by molar-refractivity contribution is 6.30. The molecule has 0 aromatic heterocycles. The van der Waals surface area contributed by atoms with Gasteiger partial charge in [-0.1, -0.05) is 24.6 Å². The molecule has 1 aromatic rings. The maximum absolute atomic E-state index is 12.4. The van der Waals surface area contributed by atoms with Gasteiger partial charge in [0.1, 0.15) is 11.5 Å². The molecule has 0 bridgehead atoms. The van der Waals surface area contributed by atoms with Gasteiger partial charge in [-0.3, -0.25) is 9.59 Å². The number of carbonyl (C=O) groups is 2. The minimum atomic E-state index is -0.589. The van der Waals surface area contributed by atoms with E-state index in [1.807, 2.05) is 6.92 Å². The summed E-state index contributed by atoms with van der Waals surface area (Å²) in [6.45, 7) is 4.68. The van der Waals surface area contributed by atoms with E-state index in [0.29, 0.717) is 30.3 Å². The van der Waals surface area contributed by atoms with Crippen molar-refractivity contribution in [3.63, 3.8) is 0 Å². The fourth-order valence-electron chi connectivity index (χ4n) is 2.52. The summed E-state index contributed by atoms with van der Waals surface area (Å²) < 4.78 is 5.65. The number of carbonyl (C=O) groups excluding carboxylic acids is 2. The molecule has 1 heterocycles. The quantitative estimate of drug-likeness (QED) is 0.859. The lowest BCUT2D eigenvalue weighted by molar-refractivity contribution is -0.142. The van der Waals surface area contributed by atoms with Gasteiger partial charge in [-0.05, 0) is 31.5 Å². The molecular formula is C16H20ClNO3. The lowest BCUT2D eigenvalue weighted by Gasteiger charge is -2.33. The zero-order valence-corrected chi connectivity index (χ0v) is 13.1. The third-order valence-electron chi connectivity index (χ3n) is 3.79. The van der Waals surface area contributed by atoms with E-state index in [2.05, 4.69) is 0 Å². The second kappa shape index (κ2) is 6.94. The highest BCUT2D eigenvalue weighted by Crippen LogP contribution is 2.21. The molecule has 1 fully saturated rings. The Morgan fingerprint density at radius 2 is 2.29 bits per heavy atom. The molecule has 0 spiro atoms. The van der Waals surface area contributed by atoms with E-state index in [1.165, 1.54) is 0 Å². The van der Waals surface area contributed by atoms with Gasteiger partial charge in [-0.2, -0.15) is 0 Å². The number of ether oxygens (including phenoxy) is 1. The maximum Gasteiger partial charge on any atom is 0.263 e. The number of hydrogen-bond acceptors (Lipinski definition) is 3. The summed E-state index contributed by atoms with van der Waals surface area (Å²) in [4.78, 5) is 25.8. The van der Waals surface area contributed by atoms with Crippen LogP contribution in [0.25, 0.3) is 0 Å². The number of rotatable bonds is 4. The van der Waals surface area contributed by atoms with Crippen molar-refractivity contribution in [1.82, 2.24) is 4.90 Å². The Bertz CT molecular complexity index is 532. The summed E-state index contributed by atoms with van der Waals surface area (Å²) in [5.74, 6) is 0.704. The van der Waals surface area contributed by atoms with Crippen LogP contribution in [0.15, 0.2) is 24.3 Å². The standard InChI is InChI=1S/C16H20ClNO3/c1-3-12-10-18(8-7-15(12)19)16(20)11(2)21-14-6-4-5-13(17)9-14/h4-6,9,11-12H,3,7-8,10H2,1-2H3. The SMILES string of the molecule is CCC1CN(C(=O)C(C)Oc2cccc(Cl)c2)CCC1=O. The summed E-state index contributed by atoms with van der Waals surface area (Å²) >= 11 is 5.90. The van der Waals surface area contributed by atoms with Crippen LogP contribution in [0.4, 0.5) is 0 Å². The monoisotopic (exact) mass is 309 g/mol. The molecule has 1 aromatic carbocycles. The molecule has 2 rings (SSSR count). The number of nitrogens with zero attached hydrogens (tertiary/aromatic N) is 1. The molecular weight excluding hydrogens is 290 g/mol. The van der Waals surface area contributed by atoms with Crippen molar-refractivity contribution in [2.45, 2.75) is 32.8 Å². The van der Waals surface area contributed by atoms with E-state index in [0.717, 1.165) is 6.42 Å². The van der Waals surface area contributed by atoms with E-state index >= 15 is 0 Å². The summed E-state index contributed by atoms with van der Waals surface area (Å²) in [6, 6.07) is 6.98. The van der Waals surface area contributed by atoms with Crippen LogP contribution in [-0.2, 0) is 9.59 Å². The third-order valence-corrected chi connectivity index (χ3v) is 4.02. The Morgan fingerprint density at radius 3 is 2.95 bits per heavy atom. The summed E-state index contributed by atoms with van der Waals surface area (Å²) in [5, 5.41) is 0.571. The molecule has 4 nitrogen and oxygen atoms in total. The second-order valence-electron chi connectivity index (χ2n) is 5.32. The topological polar surface area (TPSA) is 46.6 Å². The smallest absolute Gasteiger partial charge is 0.263 e. The Labute approximate surface area is 130 Å². The van der Waals surface area contributed by atoms with Crippen molar-refractivity contribution in [3.8, 4) is 5.75 Å². The Balaban J connectivity index is 1.97. The molecule has 1 amide bonds. The van der Waals surface area contributed by atoms with E-state index in [4.69, 9.17) is 16.3 Å². The Morgan fingerprint density at radius 1 is 1.52 bits per heavy atom. The van der Waals surface area contributed by atoms with E-state index in [1.54, 1.807) is 36.1 Å². The average molecular weight is 310 g/mol. The lowest BCUT2D eigenvalue weighted by Crippen LogP contribution is -2.48. The van der Waals surface area contributed by atoms with Crippen molar-refractivity contribution in [2.75, 3.05) is 13.1 Å². The molecule has 21 heavy (non-hydrogen) atoms. The number of likely N-dealkylation sites (tertiary alicyclic amines) is 1. The molecule has 1 saturated heterocycles. The van der Waals surface area contributed by atoms with Crippen LogP contribution in [0.3, 0.4) is 0 Å². The van der Waals surface area contributed by atoms with Crippen molar-refractivity contribution in [3.05, 3.63) is 29.3 Å². The largest absolute Gasteiger partial charge is 0.481 e. The minimum Gasteiger partial charge on any atom is -0.481 e. The summed E-state index contributed by atoms with van der Waals surface area (Å²) in [7, 11) is 0. The van der Waals surface area contributed by atoms with E-state index < -0.39 is 6.10 Å². The minimum absolute atomic E-state index is 0.0407. The van der Waals surface area contributed by atoms with Crippen LogP contribution < -0.4 is 4.74 Å². The molecule has 2 atom stereocenters. The fraction of sp³-hybridized carbons (Fsp3) is 0.500. The van der Waals surface area contributed by atoms with Crippen LogP contribution in [0.1, 0.15) is 26.7 Å². The highest BCUT2D eigenvalue weighted by Gasteiger charge is 2.31. The molecule has 1 aliphatic rings. The van der Waals surface area contributed by atoms with Crippen molar-refractivity contribution in [1.29, 1.82) is 0 Å². The van der Waals surface area contributed by atoms with E-state index in [-0.39, 0.29) is 17.6 Å². The predicted molar refractivity (Wildman–Crippen MR) is 81.5 cm³/mol. The van der Waals surface area contributed by atoms with Gasteiger partial charge in [0, 0.05) is 30.5 Å². The number of Topliss-reactive ketones (excluding diaryl/α,β-unsaturated/α-hetero) is 1. The van der Waals surface area contributed by atoms with Crippen molar-refractivity contribution < 1.29 is 14.3 Å². The molecule has 2 unspecified atom stereocenters. The van der Waals surface area contributed by atoms with E-state index in [9.17, 15) is 9.59 Å². The van der Waals surface area contributed by atoms with Crippen molar-refractivity contribution >= 4 is 23.3 Å². The van der Waals surface area contributed by atoms with Crippen LogP contribution in [0, 0.1) is 5.92 Å². The van der Waals surface area contributed by atoms with Gasteiger partial charge >= 0.3 is 0 Å². The number of ketones is 1. The Kier molecular flexibility index (Phi) is 5.23.